The SMILES string of the molecule is O=C(Nc1ccc2nc[nH]c2c1)C(=O)Nc1ccc(Cl)cc1Cl. The molecule has 0 spiro atoms. The lowest BCUT2D eigenvalue weighted by Crippen LogP contribution is -2.29. The van der Waals surface area contributed by atoms with Crippen molar-refractivity contribution in [2.75, 3.05) is 10.6 Å². The third-order valence-corrected chi connectivity index (χ3v) is 3.61. The topological polar surface area (TPSA) is 86.9 Å². The predicted octanol–water partition coefficient (Wildman–Crippen LogP) is 3.45. The van der Waals surface area contributed by atoms with E-state index in [4.69, 9.17) is 23.2 Å². The number of amides is 2. The number of carbonyl (C=O) groups is 2. The van der Waals surface area contributed by atoms with Crippen molar-refractivity contribution in [3.05, 3.63) is 52.8 Å². The summed E-state index contributed by atoms with van der Waals surface area (Å²) in [5.41, 5.74) is 2.30. The van der Waals surface area contributed by atoms with Gasteiger partial charge in [0, 0.05) is 10.7 Å². The number of fused-ring (bicyclic) bond motifs is 1. The van der Waals surface area contributed by atoms with Crippen molar-refractivity contribution in [3.63, 3.8) is 0 Å². The van der Waals surface area contributed by atoms with Crippen molar-refractivity contribution in [3.8, 4) is 0 Å². The van der Waals surface area contributed by atoms with E-state index in [2.05, 4.69) is 20.6 Å². The van der Waals surface area contributed by atoms with Crippen LogP contribution in [0.25, 0.3) is 11.0 Å². The zero-order chi connectivity index (χ0) is 16.4. The first kappa shape index (κ1) is 15.3. The molecule has 0 bridgehead atoms. The minimum Gasteiger partial charge on any atom is -0.345 e. The number of carbonyl (C=O) groups excluding carboxylic acids is 2. The van der Waals surface area contributed by atoms with Crippen LogP contribution in [-0.2, 0) is 9.59 Å². The Kier molecular flexibility index (Phi) is 4.18. The van der Waals surface area contributed by atoms with Crippen molar-refractivity contribution in [2.45, 2.75) is 0 Å². The molecule has 0 aliphatic heterocycles. The zero-order valence-corrected chi connectivity index (χ0v) is 13.1. The summed E-state index contributed by atoms with van der Waals surface area (Å²) < 4.78 is 0. The van der Waals surface area contributed by atoms with Crippen LogP contribution >= 0.6 is 23.2 Å². The van der Waals surface area contributed by atoms with E-state index >= 15 is 0 Å². The van der Waals surface area contributed by atoms with Crippen molar-refractivity contribution < 1.29 is 9.59 Å². The predicted molar refractivity (Wildman–Crippen MR) is 89.8 cm³/mol. The third-order valence-electron chi connectivity index (χ3n) is 3.06. The van der Waals surface area contributed by atoms with Crippen LogP contribution in [0, 0.1) is 0 Å². The summed E-state index contributed by atoms with van der Waals surface area (Å²) in [4.78, 5) is 30.9. The Morgan fingerprint density at radius 2 is 1.78 bits per heavy atom. The van der Waals surface area contributed by atoms with E-state index in [1.165, 1.54) is 12.1 Å². The lowest BCUT2D eigenvalue weighted by Gasteiger charge is -2.08. The standard InChI is InChI=1S/C15H10Cl2N4O2/c16-8-1-3-11(10(17)5-8)21-15(23)14(22)20-9-2-4-12-13(6-9)19-7-18-12/h1-7H,(H,18,19)(H,20,22)(H,21,23). The molecular formula is C15H10Cl2N4O2. The number of halogens is 2. The Balaban J connectivity index is 1.70. The van der Waals surface area contributed by atoms with Gasteiger partial charge >= 0.3 is 11.8 Å². The highest BCUT2D eigenvalue weighted by Crippen LogP contribution is 2.25. The maximum Gasteiger partial charge on any atom is 0.314 e. The highest BCUT2D eigenvalue weighted by atomic mass is 35.5. The van der Waals surface area contributed by atoms with Gasteiger partial charge in [0.15, 0.2) is 0 Å². The van der Waals surface area contributed by atoms with E-state index in [0.29, 0.717) is 16.4 Å². The number of hydrogen-bond acceptors (Lipinski definition) is 3. The number of nitrogens with zero attached hydrogens (tertiary/aromatic N) is 1. The fourth-order valence-corrected chi connectivity index (χ4v) is 2.43. The number of nitrogens with one attached hydrogen (secondary N) is 3. The van der Waals surface area contributed by atoms with Gasteiger partial charge in [-0.2, -0.15) is 0 Å². The molecule has 3 N–H and O–H groups in total. The molecule has 0 unspecified atom stereocenters. The van der Waals surface area contributed by atoms with Crippen LogP contribution in [0.2, 0.25) is 10.0 Å². The summed E-state index contributed by atoms with van der Waals surface area (Å²) in [6.45, 7) is 0. The van der Waals surface area contributed by atoms with Gasteiger partial charge in [0.25, 0.3) is 0 Å². The third kappa shape index (κ3) is 3.44. The van der Waals surface area contributed by atoms with E-state index in [0.717, 1.165) is 11.0 Å². The molecule has 1 aromatic heterocycles. The first-order chi connectivity index (χ1) is 11.0. The molecule has 8 heteroatoms. The van der Waals surface area contributed by atoms with E-state index in [1.54, 1.807) is 30.6 Å². The van der Waals surface area contributed by atoms with Crippen molar-refractivity contribution in [1.82, 2.24) is 9.97 Å². The largest absolute Gasteiger partial charge is 0.345 e. The van der Waals surface area contributed by atoms with Crippen LogP contribution in [0.4, 0.5) is 11.4 Å². The number of anilines is 2. The molecule has 0 aliphatic rings. The minimum absolute atomic E-state index is 0.248. The molecule has 116 valence electrons. The number of imidazole rings is 1. The maximum atomic E-state index is 12.0. The Morgan fingerprint density at radius 1 is 1.00 bits per heavy atom. The summed E-state index contributed by atoms with van der Waals surface area (Å²) in [5.74, 6) is -1.64. The molecule has 0 aliphatic carbocycles. The number of aromatic amines is 1. The summed E-state index contributed by atoms with van der Waals surface area (Å²) in [7, 11) is 0. The Labute approximate surface area is 140 Å². The fourth-order valence-electron chi connectivity index (χ4n) is 1.97. The second-order valence-electron chi connectivity index (χ2n) is 4.67. The van der Waals surface area contributed by atoms with Crippen LogP contribution in [0.15, 0.2) is 42.7 Å². The van der Waals surface area contributed by atoms with Gasteiger partial charge < -0.3 is 15.6 Å². The summed E-state index contributed by atoms with van der Waals surface area (Å²) in [5, 5.41) is 5.62. The van der Waals surface area contributed by atoms with Gasteiger partial charge in [-0.25, -0.2) is 4.98 Å². The Hall–Kier alpha value is -2.57. The normalized spacial score (nSPS) is 10.5. The lowest BCUT2D eigenvalue weighted by atomic mass is 10.2. The Bertz CT molecular complexity index is 907. The van der Waals surface area contributed by atoms with Gasteiger partial charge in [-0.3, -0.25) is 9.59 Å². The number of benzene rings is 2. The summed E-state index contributed by atoms with van der Waals surface area (Å²) in [6, 6.07) is 9.63. The van der Waals surface area contributed by atoms with E-state index in [-0.39, 0.29) is 5.02 Å². The highest BCUT2D eigenvalue weighted by molar-refractivity contribution is 6.45. The van der Waals surface area contributed by atoms with E-state index in [1.807, 2.05) is 0 Å². The smallest absolute Gasteiger partial charge is 0.314 e. The molecule has 3 rings (SSSR count). The minimum atomic E-state index is -0.834. The molecule has 23 heavy (non-hydrogen) atoms. The molecule has 0 atom stereocenters. The highest BCUT2D eigenvalue weighted by Gasteiger charge is 2.15. The van der Waals surface area contributed by atoms with Crippen LogP contribution in [0.1, 0.15) is 0 Å². The molecule has 0 saturated carbocycles. The molecule has 1 heterocycles. The number of hydrogen-bond donors (Lipinski definition) is 3. The maximum absolute atomic E-state index is 12.0. The van der Waals surface area contributed by atoms with Gasteiger partial charge in [0.1, 0.15) is 0 Å². The van der Waals surface area contributed by atoms with Crippen LogP contribution in [-0.4, -0.2) is 21.8 Å². The van der Waals surface area contributed by atoms with Crippen LogP contribution < -0.4 is 10.6 Å². The molecule has 0 radical (unpaired) electrons. The second-order valence-corrected chi connectivity index (χ2v) is 5.51. The van der Waals surface area contributed by atoms with E-state index < -0.39 is 11.8 Å². The van der Waals surface area contributed by atoms with Crippen molar-refractivity contribution >= 4 is 57.4 Å². The van der Waals surface area contributed by atoms with E-state index in [9.17, 15) is 9.59 Å². The Morgan fingerprint density at radius 3 is 2.57 bits per heavy atom. The average Bonchev–Trinajstić information content (AvgIpc) is 2.97. The monoisotopic (exact) mass is 348 g/mol. The quantitative estimate of drug-likeness (QED) is 0.620. The number of H-pyrrole nitrogens is 1. The van der Waals surface area contributed by atoms with Crippen LogP contribution in [0.5, 0.6) is 0 Å². The fraction of sp³-hybridized carbons (Fsp3) is 0. The summed E-state index contributed by atoms with van der Waals surface area (Å²) in [6.07, 6.45) is 1.55. The van der Waals surface area contributed by atoms with Crippen LogP contribution in [0.3, 0.4) is 0 Å². The first-order valence-electron chi connectivity index (χ1n) is 6.53. The molecule has 0 saturated heterocycles. The van der Waals surface area contributed by atoms with Crippen molar-refractivity contribution in [1.29, 1.82) is 0 Å². The molecule has 2 aromatic carbocycles. The molecule has 6 nitrogen and oxygen atoms in total. The molecule has 2 amide bonds. The number of aromatic nitrogens is 2. The first-order valence-corrected chi connectivity index (χ1v) is 7.29. The number of rotatable bonds is 2. The van der Waals surface area contributed by atoms with Gasteiger partial charge in [0.2, 0.25) is 0 Å². The van der Waals surface area contributed by atoms with Gasteiger partial charge in [0.05, 0.1) is 28.1 Å². The van der Waals surface area contributed by atoms with Gasteiger partial charge in [-0.05, 0) is 36.4 Å². The zero-order valence-electron chi connectivity index (χ0n) is 11.6. The van der Waals surface area contributed by atoms with Gasteiger partial charge in [-0.15, -0.1) is 0 Å². The molecule has 3 aromatic rings. The molecule has 0 fully saturated rings. The molecular weight excluding hydrogens is 339 g/mol. The van der Waals surface area contributed by atoms with Gasteiger partial charge in [-0.1, -0.05) is 23.2 Å². The second kappa shape index (κ2) is 6.28. The van der Waals surface area contributed by atoms with Crippen molar-refractivity contribution in [2.24, 2.45) is 0 Å². The lowest BCUT2D eigenvalue weighted by molar-refractivity contribution is -0.132. The average molecular weight is 349 g/mol. The summed E-state index contributed by atoms with van der Waals surface area (Å²) >= 11 is 11.7.